The molecule has 0 amide bonds. The molecule has 0 spiro atoms. The van der Waals surface area contributed by atoms with Crippen LogP contribution in [0.25, 0.3) is 0 Å². The molecule has 6 heteroatoms. The van der Waals surface area contributed by atoms with Crippen LogP contribution in [0.1, 0.15) is 12.0 Å². The predicted octanol–water partition coefficient (Wildman–Crippen LogP) is 1.32. The summed E-state index contributed by atoms with van der Waals surface area (Å²) in [7, 11) is 0. The normalized spacial score (nSPS) is 14.2. The molecule has 2 rings (SSSR count). The van der Waals surface area contributed by atoms with Gasteiger partial charge in [-0.2, -0.15) is 0 Å². The number of aromatic hydroxyl groups is 1. The summed E-state index contributed by atoms with van der Waals surface area (Å²) in [6.45, 7) is 0.703. The van der Waals surface area contributed by atoms with Crippen LogP contribution in [0.3, 0.4) is 0 Å². The van der Waals surface area contributed by atoms with Gasteiger partial charge < -0.3 is 19.7 Å². The Morgan fingerprint density at radius 2 is 2.12 bits per heavy atom. The molecule has 0 fully saturated rings. The molecule has 5 nitrogen and oxygen atoms in total. The van der Waals surface area contributed by atoms with E-state index >= 15 is 0 Å². The number of benzene rings is 1. The molecule has 17 heavy (non-hydrogen) atoms. The summed E-state index contributed by atoms with van der Waals surface area (Å²) in [6.07, 6.45) is 0.0961. The molecule has 0 saturated heterocycles. The molecular weight excluding hydrogens is 231 g/mol. The number of phenols is 1. The van der Waals surface area contributed by atoms with Gasteiger partial charge in [0.25, 0.3) is 0 Å². The maximum Gasteiger partial charge on any atom is 0.308 e. The van der Waals surface area contributed by atoms with Crippen molar-refractivity contribution >= 4 is 5.97 Å². The molecular formula is C11H11FO5. The van der Waals surface area contributed by atoms with E-state index in [2.05, 4.69) is 0 Å². The van der Waals surface area contributed by atoms with Crippen LogP contribution in [-0.2, 0) is 11.2 Å². The average molecular weight is 242 g/mol. The number of fused-ring (bicyclic) bond motifs is 1. The van der Waals surface area contributed by atoms with Crippen LogP contribution in [-0.4, -0.2) is 29.4 Å². The highest BCUT2D eigenvalue weighted by Gasteiger charge is 2.23. The fourth-order valence-corrected chi connectivity index (χ4v) is 1.65. The minimum Gasteiger partial charge on any atom is -0.505 e. The summed E-state index contributed by atoms with van der Waals surface area (Å²) in [5.41, 5.74) is -0.0885. The van der Waals surface area contributed by atoms with E-state index in [9.17, 15) is 14.3 Å². The van der Waals surface area contributed by atoms with Gasteiger partial charge in [0.2, 0.25) is 0 Å². The first kappa shape index (κ1) is 11.5. The molecule has 1 aromatic rings. The lowest BCUT2D eigenvalue weighted by molar-refractivity contribution is -0.136. The van der Waals surface area contributed by atoms with Crippen molar-refractivity contribution in [2.24, 2.45) is 0 Å². The maximum atomic E-state index is 13.4. The Hall–Kier alpha value is -1.98. The minimum atomic E-state index is -1.18. The van der Waals surface area contributed by atoms with E-state index < -0.39 is 24.0 Å². The highest BCUT2D eigenvalue weighted by atomic mass is 19.1. The summed E-state index contributed by atoms with van der Waals surface area (Å²) >= 11 is 0. The number of ether oxygens (including phenoxy) is 2. The number of hydrogen-bond donors (Lipinski definition) is 2. The number of aliphatic carboxylic acids is 1. The van der Waals surface area contributed by atoms with Gasteiger partial charge in [-0.1, -0.05) is 0 Å². The molecule has 0 saturated carbocycles. The zero-order chi connectivity index (χ0) is 12.4. The molecule has 1 heterocycles. The van der Waals surface area contributed by atoms with Gasteiger partial charge >= 0.3 is 5.97 Å². The Morgan fingerprint density at radius 3 is 2.82 bits per heavy atom. The first-order valence-corrected chi connectivity index (χ1v) is 5.11. The highest BCUT2D eigenvalue weighted by molar-refractivity contribution is 5.74. The van der Waals surface area contributed by atoms with E-state index in [1.807, 2.05) is 0 Å². The fraction of sp³-hybridized carbons (Fsp3) is 0.364. The SMILES string of the molecule is O=C(O)Cc1c(O)c(F)cc2c1OCCCO2. The van der Waals surface area contributed by atoms with Crippen LogP contribution in [0.5, 0.6) is 17.2 Å². The van der Waals surface area contributed by atoms with Crippen molar-refractivity contribution in [3.8, 4) is 17.2 Å². The van der Waals surface area contributed by atoms with Gasteiger partial charge in [0, 0.05) is 12.5 Å². The number of carbonyl (C=O) groups is 1. The van der Waals surface area contributed by atoms with E-state index in [0.717, 1.165) is 6.07 Å². The third-order valence-corrected chi connectivity index (χ3v) is 2.39. The second-order valence-electron chi connectivity index (χ2n) is 3.63. The number of carboxylic acid groups (broad SMARTS) is 1. The molecule has 92 valence electrons. The van der Waals surface area contributed by atoms with Crippen LogP contribution >= 0.6 is 0 Å². The lowest BCUT2D eigenvalue weighted by atomic mass is 10.1. The van der Waals surface area contributed by atoms with Crippen molar-refractivity contribution in [2.75, 3.05) is 13.2 Å². The molecule has 1 aromatic carbocycles. The highest BCUT2D eigenvalue weighted by Crippen LogP contribution is 2.40. The zero-order valence-corrected chi connectivity index (χ0v) is 8.90. The second-order valence-corrected chi connectivity index (χ2v) is 3.63. The monoisotopic (exact) mass is 242 g/mol. The number of halogens is 1. The second kappa shape index (κ2) is 4.48. The van der Waals surface area contributed by atoms with Gasteiger partial charge in [-0.15, -0.1) is 0 Å². The molecule has 0 bridgehead atoms. The van der Waals surface area contributed by atoms with E-state index in [0.29, 0.717) is 19.6 Å². The topological polar surface area (TPSA) is 76.0 Å². The average Bonchev–Trinajstić information content (AvgIpc) is 2.49. The minimum absolute atomic E-state index is 0.0885. The largest absolute Gasteiger partial charge is 0.505 e. The Morgan fingerprint density at radius 1 is 1.41 bits per heavy atom. The van der Waals surface area contributed by atoms with Crippen LogP contribution in [0.4, 0.5) is 4.39 Å². The summed E-state index contributed by atoms with van der Waals surface area (Å²) in [4.78, 5) is 10.7. The van der Waals surface area contributed by atoms with Crippen molar-refractivity contribution < 1.29 is 28.9 Å². The molecule has 1 aliphatic heterocycles. The molecule has 2 N–H and O–H groups in total. The van der Waals surface area contributed by atoms with E-state index in [1.54, 1.807) is 0 Å². The van der Waals surface area contributed by atoms with Gasteiger partial charge in [-0.05, 0) is 0 Å². The first-order valence-electron chi connectivity index (χ1n) is 5.11. The zero-order valence-electron chi connectivity index (χ0n) is 8.90. The first-order chi connectivity index (χ1) is 8.09. The van der Waals surface area contributed by atoms with Crippen molar-refractivity contribution in [3.05, 3.63) is 17.4 Å². The van der Waals surface area contributed by atoms with Crippen LogP contribution in [0.2, 0.25) is 0 Å². The summed E-state index contributed by atoms with van der Waals surface area (Å²) in [5, 5.41) is 18.2. The number of rotatable bonds is 2. The van der Waals surface area contributed by atoms with Crippen molar-refractivity contribution in [1.29, 1.82) is 0 Å². The lowest BCUT2D eigenvalue weighted by Crippen LogP contribution is -2.05. The summed E-state index contributed by atoms with van der Waals surface area (Å²) in [5.74, 6) is -2.54. The molecule has 0 aliphatic carbocycles. The van der Waals surface area contributed by atoms with E-state index in [4.69, 9.17) is 14.6 Å². The van der Waals surface area contributed by atoms with Crippen LogP contribution in [0, 0.1) is 5.82 Å². The van der Waals surface area contributed by atoms with Crippen LogP contribution in [0.15, 0.2) is 6.07 Å². The van der Waals surface area contributed by atoms with Gasteiger partial charge in [0.15, 0.2) is 23.1 Å². The molecule has 0 atom stereocenters. The predicted molar refractivity (Wildman–Crippen MR) is 55.0 cm³/mol. The Kier molecular flexibility index (Phi) is 3.03. The fourth-order valence-electron chi connectivity index (χ4n) is 1.65. The lowest BCUT2D eigenvalue weighted by Gasteiger charge is -2.13. The third kappa shape index (κ3) is 2.25. The maximum absolute atomic E-state index is 13.4. The third-order valence-electron chi connectivity index (χ3n) is 2.39. The standard InChI is InChI=1S/C11H11FO5/c12-7-5-8-11(17-3-1-2-16-8)6(10(7)15)4-9(13)14/h5,15H,1-4H2,(H,13,14). The quantitative estimate of drug-likeness (QED) is 0.818. The van der Waals surface area contributed by atoms with Crippen molar-refractivity contribution in [3.63, 3.8) is 0 Å². The van der Waals surface area contributed by atoms with Crippen LogP contribution < -0.4 is 9.47 Å². The van der Waals surface area contributed by atoms with Gasteiger partial charge in [-0.3, -0.25) is 4.79 Å². The van der Waals surface area contributed by atoms with Gasteiger partial charge in [-0.25, -0.2) is 4.39 Å². The number of carboxylic acids is 1. The molecule has 0 radical (unpaired) electrons. The summed E-state index contributed by atoms with van der Waals surface area (Å²) in [6, 6.07) is 1.00. The number of hydrogen-bond acceptors (Lipinski definition) is 4. The van der Waals surface area contributed by atoms with Gasteiger partial charge in [0.05, 0.1) is 25.2 Å². The Bertz CT molecular complexity index is 458. The Balaban J connectivity index is 2.53. The van der Waals surface area contributed by atoms with Gasteiger partial charge in [0.1, 0.15) is 0 Å². The molecule has 0 aromatic heterocycles. The molecule has 0 unspecified atom stereocenters. The molecule has 1 aliphatic rings. The van der Waals surface area contributed by atoms with Crippen molar-refractivity contribution in [2.45, 2.75) is 12.8 Å². The number of phenolic OH excluding ortho intramolecular Hbond substituents is 1. The van der Waals surface area contributed by atoms with Crippen molar-refractivity contribution in [1.82, 2.24) is 0 Å². The van der Waals surface area contributed by atoms with E-state index in [1.165, 1.54) is 0 Å². The smallest absolute Gasteiger partial charge is 0.308 e. The summed E-state index contributed by atoms with van der Waals surface area (Å²) < 4.78 is 23.9. The Labute approximate surface area is 96.4 Å². The van der Waals surface area contributed by atoms with E-state index in [-0.39, 0.29) is 17.1 Å².